The Bertz CT molecular complexity index is 205. The summed E-state index contributed by atoms with van der Waals surface area (Å²) in [5.41, 5.74) is 2.42. The van der Waals surface area contributed by atoms with Crippen molar-refractivity contribution in [2.75, 3.05) is 19.0 Å². The third kappa shape index (κ3) is 4.70. The van der Waals surface area contributed by atoms with Crippen LogP contribution in [0, 0.1) is 0 Å². The fraction of sp³-hybridized carbons (Fsp3) is 0.727. The van der Waals surface area contributed by atoms with Crippen LogP contribution in [0.5, 0.6) is 0 Å². The standard InChI is InChI=1S/C11H22N2S/c1-5-11(13(7-3)9-14)8-10(4)12-6-2/h8,14H,5-7,9H2,1-4H3/b11-8-,12-10?. The van der Waals surface area contributed by atoms with Crippen molar-refractivity contribution in [2.45, 2.75) is 34.1 Å². The lowest BCUT2D eigenvalue weighted by atomic mass is 10.2. The lowest BCUT2D eigenvalue weighted by Gasteiger charge is -2.23. The molecule has 0 fully saturated rings. The molecule has 0 atom stereocenters. The Kier molecular flexibility index (Phi) is 7.67. The van der Waals surface area contributed by atoms with Crippen LogP contribution in [0.25, 0.3) is 0 Å². The fourth-order valence-electron chi connectivity index (χ4n) is 1.35. The monoisotopic (exact) mass is 214 g/mol. The van der Waals surface area contributed by atoms with E-state index in [1.807, 2.05) is 6.92 Å². The molecule has 0 N–H and O–H groups in total. The van der Waals surface area contributed by atoms with Gasteiger partial charge >= 0.3 is 0 Å². The van der Waals surface area contributed by atoms with Crippen molar-refractivity contribution >= 4 is 18.3 Å². The van der Waals surface area contributed by atoms with E-state index in [-0.39, 0.29) is 0 Å². The number of rotatable bonds is 6. The van der Waals surface area contributed by atoms with E-state index >= 15 is 0 Å². The average molecular weight is 214 g/mol. The second kappa shape index (κ2) is 7.92. The van der Waals surface area contributed by atoms with E-state index in [0.717, 1.165) is 31.1 Å². The zero-order valence-corrected chi connectivity index (χ0v) is 10.6. The summed E-state index contributed by atoms with van der Waals surface area (Å²) in [5.74, 6) is 0.773. The van der Waals surface area contributed by atoms with Crippen molar-refractivity contribution in [1.29, 1.82) is 0 Å². The second-order valence-corrected chi connectivity index (χ2v) is 3.39. The third-order valence-electron chi connectivity index (χ3n) is 2.10. The maximum absolute atomic E-state index is 4.35. The van der Waals surface area contributed by atoms with Crippen LogP contribution >= 0.6 is 12.6 Å². The van der Waals surface area contributed by atoms with Gasteiger partial charge in [-0.1, -0.05) is 6.92 Å². The molecule has 3 heteroatoms. The molecule has 0 amide bonds. The van der Waals surface area contributed by atoms with Crippen LogP contribution in [0.15, 0.2) is 16.8 Å². The molecular formula is C11H22N2S. The molecule has 82 valence electrons. The van der Waals surface area contributed by atoms with Crippen molar-refractivity contribution in [3.05, 3.63) is 11.8 Å². The van der Waals surface area contributed by atoms with Crippen LogP contribution in [-0.2, 0) is 0 Å². The van der Waals surface area contributed by atoms with E-state index in [1.54, 1.807) is 0 Å². The predicted octanol–water partition coefficient (Wildman–Crippen LogP) is 2.97. The predicted molar refractivity (Wildman–Crippen MR) is 68.3 cm³/mol. The summed E-state index contributed by atoms with van der Waals surface area (Å²) in [4.78, 5) is 6.60. The van der Waals surface area contributed by atoms with Crippen molar-refractivity contribution in [3.63, 3.8) is 0 Å². The van der Waals surface area contributed by atoms with Gasteiger partial charge in [-0.15, -0.1) is 0 Å². The first-order valence-electron chi connectivity index (χ1n) is 5.26. The molecule has 0 unspecified atom stereocenters. The summed E-state index contributed by atoms with van der Waals surface area (Å²) in [6.07, 6.45) is 3.19. The van der Waals surface area contributed by atoms with E-state index in [4.69, 9.17) is 0 Å². The van der Waals surface area contributed by atoms with E-state index in [1.165, 1.54) is 5.70 Å². The molecule has 0 heterocycles. The highest BCUT2D eigenvalue weighted by atomic mass is 32.1. The molecule has 0 aromatic rings. The van der Waals surface area contributed by atoms with E-state index in [9.17, 15) is 0 Å². The Labute approximate surface area is 93.5 Å². The van der Waals surface area contributed by atoms with Gasteiger partial charge in [-0.25, -0.2) is 0 Å². The van der Waals surface area contributed by atoms with Crippen LogP contribution in [0.1, 0.15) is 34.1 Å². The van der Waals surface area contributed by atoms with E-state index < -0.39 is 0 Å². The van der Waals surface area contributed by atoms with Gasteiger partial charge in [0.25, 0.3) is 0 Å². The van der Waals surface area contributed by atoms with Crippen molar-refractivity contribution in [2.24, 2.45) is 4.99 Å². The van der Waals surface area contributed by atoms with Crippen molar-refractivity contribution in [3.8, 4) is 0 Å². The minimum Gasteiger partial charge on any atom is -0.366 e. The first-order chi connectivity index (χ1) is 6.69. The molecule has 0 aliphatic carbocycles. The molecule has 0 spiro atoms. The topological polar surface area (TPSA) is 15.6 Å². The van der Waals surface area contributed by atoms with Crippen molar-refractivity contribution in [1.82, 2.24) is 4.90 Å². The Morgan fingerprint density at radius 1 is 1.36 bits per heavy atom. The van der Waals surface area contributed by atoms with E-state index in [2.05, 4.69) is 49.4 Å². The first kappa shape index (κ1) is 13.6. The SMILES string of the molecule is CCN=C(C)/C=C(/CC)N(CC)CS. The molecule has 0 bridgehead atoms. The van der Waals surface area contributed by atoms with Gasteiger partial charge in [0, 0.05) is 24.5 Å². The molecule has 0 aliphatic heterocycles. The van der Waals surface area contributed by atoms with Crippen LogP contribution < -0.4 is 0 Å². The van der Waals surface area contributed by atoms with Gasteiger partial charge in [0.15, 0.2) is 0 Å². The number of aliphatic imine (C=N–C) groups is 1. The van der Waals surface area contributed by atoms with E-state index in [0.29, 0.717) is 0 Å². The molecule has 0 rings (SSSR count). The maximum atomic E-state index is 4.35. The minimum absolute atomic E-state index is 0.773. The van der Waals surface area contributed by atoms with Gasteiger partial charge in [-0.05, 0) is 33.3 Å². The Balaban J connectivity index is 4.59. The minimum atomic E-state index is 0.773. The summed E-state index contributed by atoms with van der Waals surface area (Å²) in [6, 6.07) is 0. The quantitative estimate of drug-likeness (QED) is 0.408. The fourth-order valence-corrected chi connectivity index (χ4v) is 1.73. The Hall–Kier alpha value is -0.440. The molecule has 0 saturated carbocycles. The molecule has 0 radical (unpaired) electrons. The second-order valence-electron chi connectivity index (χ2n) is 3.10. The average Bonchev–Trinajstić information content (AvgIpc) is 2.18. The highest BCUT2D eigenvalue weighted by Gasteiger charge is 2.03. The Morgan fingerprint density at radius 2 is 2.00 bits per heavy atom. The van der Waals surface area contributed by atoms with Crippen molar-refractivity contribution < 1.29 is 0 Å². The highest BCUT2D eigenvalue weighted by molar-refractivity contribution is 7.80. The van der Waals surface area contributed by atoms with Crippen LogP contribution in [0.3, 0.4) is 0 Å². The summed E-state index contributed by atoms with van der Waals surface area (Å²) >= 11 is 4.31. The summed E-state index contributed by atoms with van der Waals surface area (Å²) in [5, 5.41) is 0. The molecule has 0 aromatic heterocycles. The van der Waals surface area contributed by atoms with Gasteiger partial charge in [-0.2, -0.15) is 12.6 Å². The molecule has 0 aromatic carbocycles. The van der Waals surface area contributed by atoms with Gasteiger partial charge in [-0.3, -0.25) is 4.99 Å². The largest absolute Gasteiger partial charge is 0.366 e. The number of nitrogens with zero attached hydrogens (tertiary/aromatic N) is 2. The number of allylic oxidation sites excluding steroid dienone is 2. The molecule has 0 saturated heterocycles. The number of hydrogen-bond acceptors (Lipinski definition) is 3. The lowest BCUT2D eigenvalue weighted by Crippen LogP contribution is -2.21. The summed E-state index contributed by atoms with van der Waals surface area (Å²) in [7, 11) is 0. The zero-order chi connectivity index (χ0) is 11.0. The smallest absolute Gasteiger partial charge is 0.0607 e. The summed E-state index contributed by atoms with van der Waals surface area (Å²) in [6.45, 7) is 10.3. The van der Waals surface area contributed by atoms with Gasteiger partial charge in [0.2, 0.25) is 0 Å². The van der Waals surface area contributed by atoms with Crippen LogP contribution in [0.4, 0.5) is 0 Å². The molecular weight excluding hydrogens is 192 g/mol. The van der Waals surface area contributed by atoms with Gasteiger partial charge in [0.05, 0.1) is 5.88 Å². The number of hydrogen-bond donors (Lipinski definition) is 1. The normalized spacial score (nSPS) is 13.2. The molecule has 2 nitrogen and oxygen atoms in total. The zero-order valence-electron chi connectivity index (χ0n) is 9.75. The Morgan fingerprint density at radius 3 is 2.36 bits per heavy atom. The molecule has 0 aliphatic rings. The highest BCUT2D eigenvalue weighted by Crippen LogP contribution is 2.09. The first-order valence-corrected chi connectivity index (χ1v) is 5.90. The maximum Gasteiger partial charge on any atom is 0.0607 e. The third-order valence-corrected chi connectivity index (χ3v) is 2.45. The van der Waals surface area contributed by atoms with Gasteiger partial charge in [0.1, 0.15) is 0 Å². The molecule has 14 heavy (non-hydrogen) atoms. The number of thiol groups is 1. The van der Waals surface area contributed by atoms with Crippen LogP contribution in [0.2, 0.25) is 0 Å². The van der Waals surface area contributed by atoms with Crippen LogP contribution in [-0.4, -0.2) is 29.6 Å². The lowest BCUT2D eigenvalue weighted by molar-refractivity contribution is 0.414. The van der Waals surface area contributed by atoms with Gasteiger partial charge < -0.3 is 4.90 Å². The summed E-state index contributed by atoms with van der Waals surface area (Å²) < 4.78 is 0.